The van der Waals surface area contributed by atoms with Gasteiger partial charge in [-0.3, -0.25) is 10.2 Å². The summed E-state index contributed by atoms with van der Waals surface area (Å²) in [5.74, 6) is 1.30. The average molecular weight is 409 g/mol. The summed E-state index contributed by atoms with van der Waals surface area (Å²) >= 11 is 1.50. The largest absolute Gasteiger partial charge is 0.383 e. The van der Waals surface area contributed by atoms with Gasteiger partial charge >= 0.3 is 0 Å². The summed E-state index contributed by atoms with van der Waals surface area (Å²) in [7, 11) is 0. The monoisotopic (exact) mass is 408 g/mol. The van der Waals surface area contributed by atoms with E-state index < -0.39 is 0 Å². The predicted octanol–water partition coefficient (Wildman–Crippen LogP) is 4.16. The third-order valence-corrected chi connectivity index (χ3v) is 5.93. The zero-order valence-corrected chi connectivity index (χ0v) is 17.3. The molecule has 2 aliphatic rings. The van der Waals surface area contributed by atoms with E-state index in [-0.39, 0.29) is 11.9 Å². The number of thiazole rings is 1. The van der Waals surface area contributed by atoms with Crippen LogP contribution in [-0.4, -0.2) is 22.4 Å². The predicted molar refractivity (Wildman–Crippen MR) is 117 cm³/mol. The average Bonchev–Trinajstić information content (AvgIpc) is 3.29. The summed E-state index contributed by atoms with van der Waals surface area (Å²) in [6.07, 6.45) is 8.34. The van der Waals surface area contributed by atoms with Gasteiger partial charge in [0.15, 0.2) is 0 Å². The topological polar surface area (TPSA) is 90.8 Å². The smallest absolute Gasteiger partial charge is 0.267 e. The number of nitrogens with zero attached hydrogens (tertiary/aromatic N) is 3. The third-order valence-electron chi connectivity index (χ3n) is 4.77. The Labute approximate surface area is 174 Å². The van der Waals surface area contributed by atoms with E-state index in [0.29, 0.717) is 10.8 Å². The van der Waals surface area contributed by atoms with Crippen LogP contribution in [0.1, 0.15) is 65.3 Å². The molecule has 1 atom stereocenters. The van der Waals surface area contributed by atoms with Crippen LogP contribution in [-0.2, 0) is 0 Å². The minimum atomic E-state index is -0.107. The summed E-state index contributed by atoms with van der Waals surface area (Å²) < 4.78 is 0. The van der Waals surface area contributed by atoms with Crippen molar-refractivity contribution in [2.75, 3.05) is 5.32 Å². The SMILES string of the molecule is CC1=NNC(=NC=CNC(C)c2cccc(NC(=O)c3cnc(C4CC4)s3)c2)C1. The Hall–Kier alpha value is -3.00. The number of aromatic nitrogens is 1. The Bertz CT molecular complexity index is 989. The molecule has 8 heteroatoms. The molecule has 0 saturated heterocycles. The van der Waals surface area contributed by atoms with E-state index >= 15 is 0 Å². The summed E-state index contributed by atoms with van der Waals surface area (Å²) in [5, 5.41) is 11.4. The van der Waals surface area contributed by atoms with Crippen LogP contribution in [0.25, 0.3) is 0 Å². The lowest BCUT2D eigenvalue weighted by Gasteiger charge is -2.13. The first kappa shape index (κ1) is 19.3. The minimum absolute atomic E-state index is 0.0719. The first-order valence-electron chi connectivity index (χ1n) is 9.72. The number of nitrogens with one attached hydrogen (secondary N) is 3. The third kappa shape index (κ3) is 5.08. The van der Waals surface area contributed by atoms with E-state index in [2.05, 4.69) is 38.1 Å². The molecule has 4 rings (SSSR count). The van der Waals surface area contributed by atoms with E-state index in [4.69, 9.17) is 0 Å². The first-order chi connectivity index (χ1) is 14.1. The molecule has 0 radical (unpaired) electrons. The second-order valence-electron chi connectivity index (χ2n) is 7.33. The Kier molecular flexibility index (Phi) is 5.71. The van der Waals surface area contributed by atoms with E-state index in [0.717, 1.165) is 34.2 Å². The van der Waals surface area contributed by atoms with Crippen molar-refractivity contribution in [1.29, 1.82) is 0 Å². The highest BCUT2D eigenvalue weighted by atomic mass is 32.1. The van der Waals surface area contributed by atoms with Crippen molar-refractivity contribution in [3.8, 4) is 0 Å². The maximum atomic E-state index is 12.5. The van der Waals surface area contributed by atoms with Gasteiger partial charge in [-0.1, -0.05) is 12.1 Å². The summed E-state index contributed by atoms with van der Waals surface area (Å²) in [6, 6.07) is 7.92. The molecule has 1 aromatic heterocycles. The second kappa shape index (κ2) is 8.57. The van der Waals surface area contributed by atoms with Gasteiger partial charge in [-0.15, -0.1) is 11.3 Å². The Morgan fingerprint density at radius 1 is 1.41 bits per heavy atom. The van der Waals surface area contributed by atoms with E-state index in [1.165, 1.54) is 24.2 Å². The number of hydrogen-bond acceptors (Lipinski definition) is 6. The molecule has 2 aromatic rings. The summed E-state index contributed by atoms with van der Waals surface area (Å²) in [5.41, 5.74) is 5.76. The number of amides is 1. The summed E-state index contributed by atoms with van der Waals surface area (Å²) in [6.45, 7) is 4.02. The molecule has 1 aliphatic carbocycles. The van der Waals surface area contributed by atoms with Crippen LogP contribution < -0.4 is 16.1 Å². The molecule has 3 N–H and O–H groups in total. The van der Waals surface area contributed by atoms with Crippen molar-refractivity contribution in [3.05, 3.63) is 58.3 Å². The lowest BCUT2D eigenvalue weighted by atomic mass is 10.1. The van der Waals surface area contributed by atoms with Gasteiger partial charge < -0.3 is 10.6 Å². The van der Waals surface area contributed by atoms with Crippen LogP contribution in [0.15, 0.2) is 53.0 Å². The maximum absolute atomic E-state index is 12.5. The number of carbonyl (C=O) groups excluding carboxylic acids is 1. The van der Waals surface area contributed by atoms with E-state index in [1.54, 1.807) is 12.4 Å². The number of aliphatic imine (C=N–C) groups is 1. The number of hydrogen-bond donors (Lipinski definition) is 3. The van der Waals surface area contributed by atoms with Crippen molar-refractivity contribution in [1.82, 2.24) is 15.7 Å². The molecule has 1 aromatic carbocycles. The molecule has 1 aliphatic heterocycles. The molecular formula is C21H24N6OS. The number of anilines is 1. The van der Waals surface area contributed by atoms with Crippen molar-refractivity contribution in [2.24, 2.45) is 10.1 Å². The van der Waals surface area contributed by atoms with Gasteiger partial charge in [0.25, 0.3) is 5.91 Å². The molecule has 7 nitrogen and oxygen atoms in total. The zero-order chi connectivity index (χ0) is 20.2. The molecule has 0 bridgehead atoms. The quantitative estimate of drug-likeness (QED) is 0.641. The first-order valence-corrected chi connectivity index (χ1v) is 10.5. The van der Waals surface area contributed by atoms with Crippen molar-refractivity contribution >= 4 is 34.5 Å². The van der Waals surface area contributed by atoms with Gasteiger partial charge in [0.2, 0.25) is 0 Å². The Morgan fingerprint density at radius 2 is 2.28 bits per heavy atom. The van der Waals surface area contributed by atoms with Gasteiger partial charge in [-0.05, 0) is 44.4 Å². The fourth-order valence-electron chi connectivity index (χ4n) is 2.96. The molecular weight excluding hydrogens is 384 g/mol. The highest BCUT2D eigenvalue weighted by molar-refractivity contribution is 7.13. The van der Waals surface area contributed by atoms with Crippen molar-refractivity contribution < 1.29 is 4.79 Å². The molecule has 150 valence electrons. The Morgan fingerprint density at radius 3 is 3.03 bits per heavy atom. The van der Waals surface area contributed by atoms with Crippen LogP contribution in [0.4, 0.5) is 5.69 Å². The lowest BCUT2D eigenvalue weighted by molar-refractivity contribution is 0.103. The number of carbonyl (C=O) groups is 1. The fraction of sp³-hybridized carbons (Fsp3) is 0.333. The van der Waals surface area contributed by atoms with Crippen LogP contribution in [0.2, 0.25) is 0 Å². The van der Waals surface area contributed by atoms with Crippen LogP contribution in [0.3, 0.4) is 0 Å². The van der Waals surface area contributed by atoms with Crippen molar-refractivity contribution in [3.63, 3.8) is 0 Å². The van der Waals surface area contributed by atoms with Crippen LogP contribution in [0.5, 0.6) is 0 Å². The van der Waals surface area contributed by atoms with Crippen molar-refractivity contribution in [2.45, 2.75) is 45.1 Å². The molecule has 1 unspecified atom stereocenters. The molecule has 1 saturated carbocycles. The molecule has 29 heavy (non-hydrogen) atoms. The van der Waals surface area contributed by atoms with Gasteiger partial charge in [0.05, 0.1) is 11.2 Å². The van der Waals surface area contributed by atoms with Crippen LogP contribution in [0, 0.1) is 0 Å². The number of hydrazone groups is 1. The highest BCUT2D eigenvalue weighted by Crippen LogP contribution is 2.41. The second-order valence-corrected chi connectivity index (χ2v) is 8.39. The number of amidine groups is 1. The maximum Gasteiger partial charge on any atom is 0.267 e. The molecule has 2 heterocycles. The molecule has 0 spiro atoms. The number of benzene rings is 1. The standard InChI is InChI=1S/C21H24N6OS/c1-13-10-19(27-26-13)23-9-8-22-14(2)16-4-3-5-17(11-16)25-20(28)18-12-24-21(29-18)15-6-7-15/h3-5,8-9,11-12,14-15,22H,6-7,10H2,1-2H3,(H,23,27)(H,25,28). The fourth-order valence-corrected chi connectivity index (χ4v) is 3.94. The highest BCUT2D eigenvalue weighted by Gasteiger charge is 2.27. The molecule has 1 amide bonds. The van der Waals surface area contributed by atoms with Crippen LogP contribution >= 0.6 is 11.3 Å². The normalized spacial score (nSPS) is 18.6. The zero-order valence-electron chi connectivity index (χ0n) is 16.5. The Balaban J connectivity index is 1.33. The van der Waals surface area contributed by atoms with Gasteiger partial charge in [0, 0.05) is 42.2 Å². The summed E-state index contributed by atoms with van der Waals surface area (Å²) in [4.78, 5) is 21.9. The van der Waals surface area contributed by atoms with Gasteiger partial charge in [0.1, 0.15) is 10.7 Å². The van der Waals surface area contributed by atoms with E-state index in [9.17, 15) is 4.79 Å². The number of rotatable bonds is 7. The minimum Gasteiger partial charge on any atom is -0.383 e. The lowest BCUT2D eigenvalue weighted by Crippen LogP contribution is -2.14. The van der Waals surface area contributed by atoms with Gasteiger partial charge in [-0.25, -0.2) is 9.98 Å². The molecule has 1 fully saturated rings. The van der Waals surface area contributed by atoms with Gasteiger partial charge in [-0.2, -0.15) is 5.10 Å². The van der Waals surface area contributed by atoms with E-state index in [1.807, 2.05) is 37.4 Å².